The molecule has 1 aliphatic rings. The van der Waals surface area contributed by atoms with E-state index in [1.165, 1.54) is 4.31 Å². The molecular weight excluding hydrogens is 330 g/mol. The van der Waals surface area contributed by atoms with Crippen LogP contribution in [0, 0.1) is 13.8 Å². The van der Waals surface area contributed by atoms with Gasteiger partial charge in [-0.2, -0.15) is 4.31 Å². The highest BCUT2D eigenvalue weighted by Crippen LogP contribution is 2.31. The Kier molecular flexibility index (Phi) is 6.37. The summed E-state index contributed by atoms with van der Waals surface area (Å²) in [7, 11) is -2.06. The van der Waals surface area contributed by atoms with Crippen LogP contribution in [0.25, 0.3) is 0 Å². The lowest BCUT2D eigenvalue weighted by Crippen LogP contribution is -2.46. The quantitative estimate of drug-likeness (QED) is 0.553. The number of piperidine rings is 1. The molecule has 0 aliphatic carbocycles. The first-order valence-corrected chi connectivity index (χ1v) is 9.54. The first kappa shape index (κ1) is 18.9. The molecule has 0 aromatic heterocycles. The third-order valence-corrected chi connectivity index (χ3v) is 6.56. The third kappa shape index (κ3) is 3.96. The Labute approximate surface area is 143 Å². The summed E-state index contributed by atoms with van der Waals surface area (Å²) >= 11 is 0. The fourth-order valence-electron chi connectivity index (χ4n) is 3.26. The number of hydrogen-bond donors (Lipinski definition) is 0. The molecule has 1 aromatic rings. The summed E-state index contributed by atoms with van der Waals surface area (Å²) in [6.45, 7) is 4.27. The van der Waals surface area contributed by atoms with Crippen molar-refractivity contribution in [2.45, 2.75) is 44.0 Å². The maximum absolute atomic E-state index is 13.2. The average Bonchev–Trinajstić information content (AvgIpc) is 2.54. The normalized spacial score (nSPS) is 19.2. The number of sulfonamides is 1. The molecule has 134 valence electrons. The molecule has 0 saturated carbocycles. The van der Waals surface area contributed by atoms with E-state index in [9.17, 15) is 13.2 Å². The Bertz CT molecular complexity index is 663. The van der Waals surface area contributed by atoms with Gasteiger partial charge in [-0.25, -0.2) is 8.42 Å². The van der Waals surface area contributed by atoms with Crippen LogP contribution in [0.1, 0.15) is 30.4 Å². The van der Waals surface area contributed by atoms with Gasteiger partial charge in [0.25, 0.3) is 0 Å². The zero-order valence-corrected chi connectivity index (χ0v) is 15.3. The highest BCUT2D eigenvalue weighted by atomic mass is 32.2. The molecule has 0 spiro atoms. The second-order valence-corrected chi connectivity index (χ2v) is 7.89. The molecule has 1 saturated heterocycles. The van der Waals surface area contributed by atoms with Crippen molar-refractivity contribution in [1.29, 1.82) is 0 Å². The zero-order valence-electron chi connectivity index (χ0n) is 14.4. The predicted octanol–water partition coefficient (Wildman–Crippen LogP) is 2.07. The molecule has 0 bridgehead atoms. The van der Waals surface area contributed by atoms with Crippen LogP contribution in [-0.2, 0) is 19.6 Å². The van der Waals surface area contributed by atoms with Crippen molar-refractivity contribution in [1.82, 2.24) is 4.31 Å². The number of benzene rings is 1. The highest BCUT2D eigenvalue weighted by Gasteiger charge is 2.35. The van der Waals surface area contributed by atoms with Crippen LogP contribution >= 0.6 is 0 Å². The summed E-state index contributed by atoms with van der Waals surface area (Å²) in [6, 6.07) is 3.24. The fourth-order valence-corrected chi connectivity index (χ4v) is 5.36. The van der Waals surface area contributed by atoms with Gasteiger partial charge in [0.05, 0.1) is 18.6 Å². The van der Waals surface area contributed by atoms with Gasteiger partial charge in [-0.1, -0.05) is 6.42 Å². The van der Waals surface area contributed by atoms with Crippen LogP contribution in [0.3, 0.4) is 0 Å². The molecule has 0 amide bonds. The number of aryl methyl sites for hydroxylation is 2. The second-order valence-electron chi connectivity index (χ2n) is 6.06. The Balaban J connectivity index is 2.35. The molecule has 1 heterocycles. The topological polar surface area (TPSA) is 72.9 Å². The number of nitrogens with zero attached hydrogens (tertiary/aromatic N) is 1. The van der Waals surface area contributed by atoms with E-state index in [-0.39, 0.29) is 19.3 Å². The minimum absolute atomic E-state index is 0.00895. The summed E-state index contributed by atoms with van der Waals surface area (Å²) < 4.78 is 38.5. The summed E-state index contributed by atoms with van der Waals surface area (Å²) in [5.74, 6) is 0.647. The van der Waals surface area contributed by atoms with E-state index < -0.39 is 10.0 Å². The van der Waals surface area contributed by atoms with Crippen molar-refractivity contribution in [2.75, 3.05) is 26.9 Å². The molecule has 0 radical (unpaired) electrons. The summed E-state index contributed by atoms with van der Waals surface area (Å²) in [5, 5.41) is 0. The van der Waals surface area contributed by atoms with Gasteiger partial charge < -0.3 is 14.3 Å². The van der Waals surface area contributed by atoms with Crippen LogP contribution in [-0.4, -0.2) is 51.9 Å². The first-order chi connectivity index (χ1) is 11.4. The van der Waals surface area contributed by atoms with Crippen molar-refractivity contribution in [3.63, 3.8) is 0 Å². The van der Waals surface area contributed by atoms with Crippen LogP contribution in [0.5, 0.6) is 5.75 Å². The van der Waals surface area contributed by atoms with Gasteiger partial charge in [-0.05, 0) is 49.9 Å². The van der Waals surface area contributed by atoms with Gasteiger partial charge in [0.1, 0.15) is 18.6 Å². The predicted molar refractivity (Wildman–Crippen MR) is 90.9 cm³/mol. The van der Waals surface area contributed by atoms with Crippen molar-refractivity contribution in [3.8, 4) is 5.75 Å². The lowest BCUT2D eigenvalue weighted by Gasteiger charge is -2.35. The van der Waals surface area contributed by atoms with E-state index in [0.717, 1.165) is 19.3 Å². The molecule has 1 aliphatic heterocycles. The van der Waals surface area contributed by atoms with Crippen molar-refractivity contribution in [2.24, 2.45) is 0 Å². The highest BCUT2D eigenvalue weighted by molar-refractivity contribution is 7.89. The van der Waals surface area contributed by atoms with Gasteiger partial charge in [0, 0.05) is 12.6 Å². The van der Waals surface area contributed by atoms with Gasteiger partial charge in [-0.3, -0.25) is 0 Å². The standard InChI is InChI=1S/C17H25NO5S/c1-13-10-16(22-3)11-14(2)17(13)24(20,21)18-7-5-4-6-15(18)12-23-9-8-19/h8,10-11,15H,4-7,9,12H2,1-3H3. The zero-order chi connectivity index (χ0) is 17.7. The van der Waals surface area contributed by atoms with Gasteiger partial charge in [0.15, 0.2) is 0 Å². The van der Waals surface area contributed by atoms with Crippen LogP contribution in [0.2, 0.25) is 0 Å². The maximum atomic E-state index is 13.2. The molecule has 1 aromatic carbocycles. The van der Waals surface area contributed by atoms with Gasteiger partial charge in [-0.15, -0.1) is 0 Å². The number of carbonyl (C=O) groups is 1. The Hall–Kier alpha value is -1.44. The summed E-state index contributed by atoms with van der Waals surface area (Å²) in [4.78, 5) is 10.8. The van der Waals surface area contributed by atoms with Crippen LogP contribution in [0.15, 0.2) is 17.0 Å². The minimum atomic E-state index is -3.63. The smallest absolute Gasteiger partial charge is 0.243 e. The van der Waals surface area contributed by atoms with E-state index >= 15 is 0 Å². The molecule has 0 N–H and O–H groups in total. The lowest BCUT2D eigenvalue weighted by molar-refractivity contribution is -0.112. The lowest BCUT2D eigenvalue weighted by atomic mass is 10.1. The number of aldehydes is 1. The number of rotatable bonds is 7. The maximum Gasteiger partial charge on any atom is 0.243 e. The summed E-state index contributed by atoms with van der Waals surface area (Å²) in [5.41, 5.74) is 1.34. The molecule has 6 nitrogen and oxygen atoms in total. The van der Waals surface area contributed by atoms with Crippen LogP contribution < -0.4 is 4.74 Å². The number of carbonyl (C=O) groups excluding carboxylic acids is 1. The molecular formula is C17H25NO5S. The van der Waals surface area contributed by atoms with Crippen molar-refractivity contribution < 1.29 is 22.7 Å². The molecule has 2 rings (SSSR count). The van der Waals surface area contributed by atoms with Gasteiger partial charge >= 0.3 is 0 Å². The monoisotopic (exact) mass is 355 g/mol. The second kappa shape index (κ2) is 8.09. The molecule has 1 unspecified atom stereocenters. The van der Waals surface area contributed by atoms with Gasteiger partial charge in [0.2, 0.25) is 10.0 Å². The minimum Gasteiger partial charge on any atom is -0.497 e. The number of methoxy groups -OCH3 is 1. The van der Waals surface area contributed by atoms with Crippen LogP contribution in [0.4, 0.5) is 0 Å². The third-order valence-electron chi connectivity index (χ3n) is 4.31. The number of ether oxygens (including phenoxy) is 2. The van der Waals surface area contributed by atoms with Crippen molar-refractivity contribution in [3.05, 3.63) is 23.3 Å². The van der Waals surface area contributed by atoms with E-state index in [1.807, 2.05) is 0 Å². The van der Waals surface area contributed by atoms with E-state index in [4.69, 9.17) is 9.47 Å². The Morgan fingerprint density at radius 2 is 1.92 bits per heavy atom. The van der Waals surface area contributed by atoms with Crippen molar-refractivity contribution >= 4 is 16.3 Å². The fraction of sp³-hybridized carbons (Fsp3) is 0.588. The average molecular weight is 355 g/mol. The Morgan fingerprint density at radius 1 is 1.25 bits per heavy atom. The largest absolute Gasteiger partial charge is 0.497 e. The van der Waals surface area contributed by atoms with E-state index in [1.54, 1.807) is 33.1 Å². The SMILES string of the molecule is COc1cc(C)c(S(=O)(=O)N2CCCCC2COCC=O)c(C)c1. The molecule has 7 heteroatoms. The number of hydrogen-bond acceptors (Lipinski definition) is 5. The molecule has 24 heavy (non-hydrogen) atoms. The van der Waals surface area contributed by atoms with E-state index in [2.05, 4.69) is 0 Å². The first-order valence-electron chi connectivity index (χ1n) is 8.10. The summed E-state index contributed by atoms with van der Waals surface area (Å²) in [6.07, 6.45) is 3.21. The molecule has 1 atom stereocenters. The molecule has 1 fully saturated rings. The van der Waals surface area contributed by atoms with E-state index in [0.29, 0.717) is 34.6 Å². The Morgan fingerprint density at radius 3 is 2.50 bits per heavy atom.